The number of primary amides is 1. The highest BCUT2D eigenvalue weighted by atomic mass is 32.1. The van der Waals surface area contributed by atoms with Crippen LogP contribution in [0.25, 0.3) is 0 Å². The van der Waals surface area contributed by atoms with E-state index in [1.807, 2.05) is 19.1 Å². The second kappa shape index (κ2) is 11.7. The van der Waals surface area contributed by atoms with E-state index in [0.29, 0.717) is 18.0 Å². The first-order valence-electron chi connectivity index (χ1n) is 10.1. The standard InChI is InChI=1S/C16H16N4O3S.C8H11NO/c1-8-2-4-9(5-3-8)20(15(18)16(19)23)14(17)10-6-13(24)12(22)7-11(10)21;9-6-5-7-1-3-8(10)4-2-7/h2-7,17-18,21-22,24H,1H3,(H2,19,23);1-4,10H,5-6,9H2. The molecule has 9 nitrogen and oxygen atoms in total. The fraction of sp³-hybridized carbons (Fsp3) is 0.125. The van der Waals surface area contributed by atoms with Gasteiger partial charge in [-0.1, -0.05) is 29.8 Å². The quantitative estimate of drug-likeness (QED) is 0.161. The molecule has 0 aliphatic heterocycles. The monoisotopic (exact) mass is 481 g/mol. The zero-order valence-corrected chi connectivity index (χ0v) is 19.4. The van der Waals surface area contributed by atoms with Crippen molar-refractivity contribution in [2.24, 2.45) is 11.5 Å². The molecule has 0 atom stereocenters. The van der Waals surface area contributed by atoms with Crippen LogP contribution in [0.3, 0.4) is 0 Å². The van der Waals surface area contributed by atoms with Gasteiger partial charge in [0.2, 0.25) is 0 Å². The van der Waals surface area contributed by atoms with E-state index in [0.717, 1.165) is 23.0 Å². The molecule has 0 aliphatic rings. The number of nitrogens with two attached hydrogens (primary N) is 2. The minimum atomic E-state index is -1.02. The summed E-state index contributed by atoms with van der Waals surface area (Å²) in [5.41, 5.74) is 13.0. The van der Waals surface area contributed by atoms with Gasteiger partial charge in [-0.2, -0.15) is 0 Å². The Labute approximate surface area is 202 Å². The lowest BCUT2D eigenvalue weighted by molar-refractivity contribution is -0.112. The molecule has 9 N–H and O–H groups in total. The van der Waals surface area contributed by atoms with Gasteiger partial charge in [-0.25, -0.2) is 0 Å². The molecule has 0 aromatic heterocycles. The van der Waals surface area contributed by atoms with E-state index < -0.39 is 11.7 Å². The Kier molecular flexibility index (Phi) is 9.05. The Morgan fingerprint density at radius 3 is 2.09 bits per heavy atom. The number of amides is 1. The van der Waals surface area contributed by atoms with Crippen molar-refractivity contribution in [3.05, 3.63) is 77.4 Å². The van der Waals surface area contributed by atoms with E-state index in [9.17, 15) is 15.0 Å². The first kappa shape index (κ1) is 26.2. The van der Waals surface area contributed by atoms with Crippen molar-refractivity contribution < 1.29 is 20.1 Å². The molecule has 178 valence electrons. The summed E-state index contributed by atoms with van der Waals surface area (Å²) in [6.45, 7) is 2.53. The Balaban J connectivity index is 0.000000340. The van der Waals surface area contributed by atoms with Crippen molar-refractivity contribution in [2.75, 3.05) is 11.4 Å². The van der Waals surface area contributed by atoms with E-state index in [4.69, 9.17) is 27.4 Å². The number of aryl methyl sites for hydroxylation is 1. The molecule has 0 bridgehead atoms. The molecule has 10 heteroatoms. The normalized spacial score (nSPS) is 10.1. The highest BCUT2D eigenvalue weighted by molar-refractivity contribution is 7.80. The topological polar surface area (TPSA) is 181 Å². The number of benzene rings is 3. The van der Waals surface area contributed by atoms with Gasteiger partial charge in [-0.15, -0.1) is 12.6 Å². The number of thiol groups is 1. The lowest BCUT2D eigenvalue weighted by atomic mass is 10.1. The molecule has 3 aromatic rings. The number of rotatable bonds is 4. The predicted molar refractivity (Wildman–Crippen MR) is 135 cm³/mol. The van der Waals surface area contributed by atoms with Gasteiger partial charge in [0.1, 0.15) is 23.1 Å². The first-order chi connectivity index (χ1) is 16.0. The van der Waals surface area contributed by atoms with E-state index in [1.54, 1.807) is 36.4 Å². The molecule has 0 aliphatic carbocycles. The van der Waals surface area contributed by atoms with Crippen molar-refractivity contribution >= 4 is 35.9 Å². The third-order valence-corrected chi connectivity index (χ3v) is 5.05. The van der Waals surface area contributed by atoms with Crippen LogP contribution in [0, 0.1) is 17.7 Å². The number of hydrogen-bond donors (Lipinski definition) is 8. The molecule has 0 saturated heterocycles. The fourth-order valence-corrected chi connectivity index (χ4v) is 3.07. The van der Waals surface area contributed by atoms with E-state index in [-0.39, 0.29) is 27.8 Å². The van der Waals surface area contributed by atoms with Gasteiger partial charge in [0.15, 0.2) is 5.84 Å². The minimum Gasteiger partial charge on any atom is -0.508 e. The molecule has 0 saturated carbocycles. The Morgan fingerprint density at radius 2 is 1.56 bits per heavy atom. The summed E-state index contributed by atoms with van der Waals surface area (Å²) in [4.78, 5) is 12.6. The van der Waals surface area contributed by atoms with Crippen molar-refractivity contribution in [2.45, 2.75) is 18.2 Å². The molecule has 0 unspecified atom stereocenters. The second-order valence-corrected chi connectivity index (χ2v) is 7.78. The molecular formula is C24H27N5O4S. The van der Waals surface area contributed by atoms with Crippen molar-refractivity contribution in [1.29, 1.82) is 10.8 Å². The molecule has 0 fully saturated rings. The summed E-state index contributed by atoms with van der Waals surface area (Å²) in [7, 11) is 0. The van der Waals surface area contributed by atoms with Crippen LogP contribution in [0.2, 0.25) is 0 Å². The van der Waals surface area contributed by atoms with Gasteiger partial charge in [0.25, 0.3) is 5.91 Å². The van der Waals surface area contributed by atoms with Crippen LogP contribution in [0.15, 0.2) is 65.6 Å². The number of aromatic hydroxyl groups is 3. The van der Waals surface area contributed by atoms with E-state index in [1.165, 1.54) is 11.6 Å². The maximum atomic E-state index is 11.5. The van der Waals surface area contributed by atoms with Crippen LogP contribution in [0.4, 0.5) is 5.69 Å². The first-order valence-corrected chi connectivity index (χ1v) is 10.6. The average molecular weight is 482 g/mol. The average Bonchev–Trinajstić information content (AvgIpc) is 2.79. The van der Waals surface area contributed by atoms with Gasteiger partial charge in [0.05, 0.1) is 5.56 Å². The summed E-state index contributed by atoms with van der Waals surface area (Å²) < 4.78 is 0. The lowest BCUT2D eigenvalue weighted by Crippen LogP contribution is -2.44. The van der Waals surface area contributed by atoms with Crippen molar-refractivity contribution in [3.8, 4) is 17.2 Å². The summed E-state index contributed by atoms with van der Waals surface area (Å²) >= 11 is 4.05. The Morgan fingerprint density at radius 1 is 0.971 bits per heavy atom. The SMILES string of the molecule is Cc1ccc(N(C(=N)C(N)=O)C(=N)c2cc(S)c(O)cc2O)cc1.NCCc1ccc(O)cc1. The smallest absolute Gasteiger partial charge is 0.284 e. The molecular weight excluding hydrogens is 454 g/mol. The third kappa shape index (κ3) is 6.74. The van der Waals surface area contributed by atoms with E-state index >= 15 is 0 Å². The van der Waals surface area contributed by atoms with Crippen LogP contribution >= 0.6 is 12.6 Å². The number of carbonyl (C=O) groups is 1. The molecule has 0 heterocycles. The van der Waals surface area contributed by atoms with Crippen molar-refractivity contribution in [3.63, 3.8) is 0 Å². The van der Waals surface area contributed by atoms with Crippen LogP contribution < -0.4 is 16.4 Å². The third-order valence-electron chi connectivity index (χ3n) is 4.69. The number of nitrogens with one attached hydrogen (secondary N) is 2. The van der Waals surface area contributed by atoms with E-state index in [2.05, 4.69) is 12.6 Å². The van der Waals surface area contributed by atoms with Gasteiger partial charge < -0.3 is 26.8 Å². The molecule has 34 heavy (non-hydrogen) atoms. The molecule has 0 spiro atoms. The predicted octanol–water partition coefficient (Wildman–Crippen LogP) is 2.88. The Hall–Kier alpha value is -4.02. The number of anilines is 1. The zero-order chi connectivity index (χ0) is 25.4. The number of nitrogens with zero attached hydrogens (tertiary/aromatic N) is 1. The number of hydrogen-bond acceptors (Lipinski definition) is 8. The maximum Gasteiger partial charge on any atom is 0.284 e. The van der Waals surface area contributed by atoms with Crippen molar-refractivity contribution in [1.82, 2.24) is 0 Å². The molecule has 3 rings (SSSR count). The molecule has 0 radical (unpaired) electrons. The lowest BCUT2D eigenvalue weighted by Gasteiger charge is -2.25. The van der Waals surface area contributed by atoms with Gasteiger partial charge in [-0.3, -0.25) is 20.5 Å². The van der Waals surface area contributed by atoms with Gasteiger partial charge in [-0.05, 0) is 55.8 Å². The summed E-state index contributed by atoms with van der Waals surface area (Å²) in [6.07, 6.45) is 0.875. The van der Waals surface area contributed by atoms with Gasteiger partial charge in [0, 0.05) is 16.6 Å². The molecule has 1 amide bonds. The number of amidine groups is 2. The second-order valence-electron chi connectivity index (χ2n) is 7.30. The van der Waals surface area contributed by atoms with Crippen LogP contribution in [0.5, 0.6) is 17.2 Å². The maximum absolute atomic E-state index is 11.5. The number of carbonyl (C=O) groups excluding carboxylic acids is 1. The Bertz CT molecular complexity index is 1180. The van der Waals surface area contributed by atoms with Gasteiger partial charge >= 0.3 is 0 Å². The van der Waals surface area contributed by atoms with Crippen LogP contribution in [-0.2, 0) is 11.2 Å². The molecule has 3 aromatic carbocycles. The number of phenolic OH excluding ortho intramolecular Hbond substituents is 3. The largest absolute Gasteiger partial charge is 0.508 e. The summed E-state index contributed by atoms with van der Waals surface area (Å²) in [5, 5.41) is 44.7. The fourth-order valence-electron chi connectivity index (χ4n) is 2.88. The minimum absolute atomic E-state index is 0.00984. The summed E-state index contributed by atoms with van der Waals surface area (Å²) in [5.74, 6) is -2.33. The number of phenols is 3. The van der Waals surface area contributed by atoms with Crippen LogP contribution in [0.1, 0.15) is 16.7 Å². The highest BCUT2D eigenvalue weighted by Crippen LogP contribution is 2.31. The zero-order valence-electron chi connectivity index (χ0n) is 18.5. The van der Waals surface area contributed by atoms with Crippen LogP contribution in [-0.4, -0.2) is 39.4 Å². The summed E-state index contributed by atoms with van der Waals surface area (Å²) in [6, 6.07) is 16.2. The highest BCUT2D eigenvalue weighted by Gasteiger charge is 2.25.